The van der Waals surface area contributed by atoms with Gasteiger partial charge in [0.25, 0.3) is 0 Å². The second-order valence-electron chi connectivity index (χ2n) is 4.28. The average molecular weight is 202 g/mol. The minimum atomic E-state index is 0.0886. The first-order chi connectivity index (χ1) is 7.29. The molecular formula is C12H14N2O. The summed E-state index contributed by atoms with van der Waals surface area (Å²) in [6, 6.07) is 5.97. The van der Waals surface area contributed by atoms with E-state index in [2.05, 4.69) is 16.6 Å². The molecule has 0 amide bonds. The van der Waals surface area contributed by atoms with Crippen LogP contribution in [0.4, 0.5) is 0 Å². The Morgan fingerprint density at radius 1 is 1.47 bits per heavy atom. The van der Waals surface area contributed by atoms with Gasteiger partial charge in [-0.25, -0.2) is 4.98 Å². The lowest BCUT2D eigenvalue weighted by Crippen LogP contribution is -1.94. The summed E-state index contributed by atoms with van der Waals surface area (Å²) in [5, 5.41) is 9.06. The number of benzene rings is 1. The molecule has 0 radical (unpaired) electrons. The first kappa shape index (κ1) is 8.92. The molecule has 1 aliphatic rings. The Kier molecular flexibility index (Phi) is 1.83. The van der Waals surface area contributed by atoms with Gasteiger partial charge in [-0.3, -0.25) is 0 Å². The molecular weight excluding hydrogens is 188 g/mol. The van der Waals surface area contributed by atoms with Crippen LogP contribution in [0.1, 0.15) is 30.1 Å². The van der Waals surface area contributed by atoms with Gasteiger partial charge in [0.05, 0.1) is 17.6 Å². The lowest BCUT2D eigenvalue weighted by Gasteiger charge is -1.99. The minimum absolute atomic E-state index is 0.0886. The fourth-order valence-electron chi connectivity index (χ4n) is 2.07. The second-order valence-corrected chi connectivity index (χ2v) is 4.28. The number of aliphatic hydroxyl groups is 1. The molecule has 1 aromatic carbocycles. The fraction of sp³-hybridized carbons (Fsp3) is 0.417. The lowest BCUT2D eigenvalue weighted by molar-refractivity contribution is 0.282. The highest BCUT2D eigenvalue weighted by atomic mass is 16.3. The summed E-state index contributed by atoms with van der Waals surface area (Å²) in [6.07, 6.45) is 2.54. The summed E-state index contributed by atoms with van der Waals surface area (Å²) in [7, 11) is 2.07. The van der Waals surface area contributed by atoms with Crippen LogP contribution >= 0.6 is 0 Å². The monoisotopic (exact) mass is 202 g/mol. The summed E-state index contributed by atoms with van der Waals surface area (Å²) in [4.78, 5) is 4.63. The largest absolute Gasteiger partial charge is 0.392 e. The second kappa shape index (κ2) is 3.07. The Morgan fingerprint density at radius 3 is 2.93 bits per heavy atom. The Bertz CT molecular complexity index is 512. The summed E-state index contributed by atoms with van der Waals surface area (Å²) >= 11 is 0. The van der Waals surface area contributed by atoms with Crippen molar-refractivity contribution in [2.24, 2.45) is 7.05 Å². The number of aryl methyl sites for hydroxylation is 1. The summed E-state index contributed by atoms with van der Waals surface area (Å²) in [5.41, 5.74) is 3.10. The van der Waals surface area contributed by atoms with E-state index in [1.807, 2.05) is 18.2 Å². The van der Waals surface area contributed by atoms with Crippen molar-refractivity contribution in [3.63, 3.8) is 0 Å². The highest BCUT2D eigenvalue weighted by Crippen LogP contribution is 2.40. The van der Waals surface area contributed by atoms with Crippen molar-refractivity contribution in [3.8, 4) is 0 Å². The highest BCUT2D eigenvalue weighted by molar-refractivity contribution is 5.77. The smallest absolute Gasteiger partial charge is 0.112 e. The number of imidazole rings is 1. The van der Waals surface area contributed by atoms with Crippen LogP contribution in [0.3, 0.4) is 0 Å². The Labute approximate surface area is 88.4 Å². The van der Waals surface area contributed by atoms with Crippen LogP contribution in [-0.4, -0.2) is 14.7 Å². The van der Waals surface area contributed by atoms with E-state index >= 15 is 0 Å². The van der Waals surface area contributed by atoms with E-state index in [1.165, 1.54) is 18.7 Å². The maximum atomic E-state index is 9.06. The third kappa shape index (κ3) is 1.35. The Balaban J connectivity index is 2.20. The van der Waals surface area contributed by atoms with Crippen LogP contribution in [0, 0.1) is 0 Å². The van der Waals surface area contributed by atoms with E-state index in [0.717, 1.165) is 16.6 Å². The van der Waals surface area contributed by atoms with Crippen molar-refractivity contribution in [2.75, 3.05) is 0 Å². The average Bonchev–Trinajstić information content (AvgIpc) is 3.04. The molecule has 0 bridgehead atoms. The molecule has 3 rings (SSSR count). The number of aromatic nitrogens is 2. The molecule has 1 saturated carbocycles. The van der Waals surface area contributed by atoms with Gasteiger partial charge < -0.3 is 9.67 Å². The molecule has 0 aliphatic heterocycles. The summed E-state index contributed by atoms with van der Waals surface area (Å²) in [6.45, 7) is 0.0886. The van der Waals surface area contributed by atoms with Gasteiger partial charge >= 0.3 is 0 Å². The standard InChI is InChI=1S/C12H14N2O/c1-14-11-5-2-8(7-15)6-10(11)13-12(14)9-3-4-9/h2,5-6,9,15H,3-4,7H2,1H3. The van der Waals surface area contributed by atoms with Gasteiger partial charge in [-0.2, -0.15) is 0 Å². The molecule has 3 heteroatoms. The summed E-state index contributed by atoms with van der Waals surface area (Å²) < 4.78 is 2.17. The third-order valence-corrected chi connectivity index (χ3v) is 3.10. The van der Waals surface area contributed by atoms with Crippen LogP contribution in [0.2, 0.25) is 0 Å². The van der Waals surface area contributed by atoms with E-state index in [-0.39, 0.29) is 6.61 Å². The van der Waals surface area contributed by atoms with Gasteiger partial charge in [0.15, 0.2) is 0 Å². The van der Waals surface area contributed by atoms with Crippen LogP contribution in [0.25, 0.3) is 11.0 Å². The number of nitrogens with zero attached hydrogens (tertiary/aromatic N) is 2. The van der Waals surface area contributed by atoms with Gasteiger partial charge in [-0.1, -0.05) is 6.07 Å². The molecule has 2 aromatic rings. The molecule has 1 aliphatic carbocycles. The van der Waals surface area contributed by atoms with Crippen molar-refractivity contribution in [3.05, 3.63) is 29.6 Å². The number of hydrogen-bond donors (Lipinski definition) is 1. The van der Waals surface area contributed by atoms with Crippen LogP contribution in [0.5, 0.6) is 0 Å². The zero-order chi connectivity index (χ0) is 10.4. The van der Waals surface area contributed by atoms with Gasteiger partial charge in [0.1, 0.15) is 5.82 Å². The first-order valence-corrected chi connectivity index (χ1v) is 5.35. The molecule has 1 heterocycles. The Morgan fingerprint density at radius 2 is 2.27 bits per heavy atom. The maximum absolute atomic E-state index is 9.06. The fourth-order valence-corrected chi connectivity index (χ4v) is 2.07. The van der Waals surface area contributed by atoms with Crippen molar-refractivity contribution in [1.29, 1.82) is 0 Å². The van der Waals surface area contributed by atoms with E-state index in [0.29, 0.717) is 5.92 Å². The van der Waals surface area contributed by atoms with Gasteiger partial charge in [-0.05, 0) is 30.5 Å². The van der Waals surface area contributed by atoms with E-state index in [9.17, 15) is 0 Å². The molecule has 1 N–H and O–H groups in total. The first-order valence-electron chi connectivity index (χ1n) is 5.35. The predicted octanol–water partition coefficient (Wildman–Crippen LogP) is 1.94. The SMILES string of the molecule is Cn1c(C2CC2)nc2cc(CO)ccc21. The van der Waals surface area contributed by atoms with Crippen molar-refractivity contribution >= 4 is 11.0 Å². The third-order valence-electron chi connectivity index (χ3n) is 3.10. The van der Waals surface area contributed by atoms with E-state index in [1.54, 1.807) is 0 Å². The topological polar surface area (TPSA) is 38.0 Å². The molecule has 78 valence electrons. The quantitative estimate of drug-likeness (QED) is 0.808. The van der Waals surface area contributed by atoms with Crippen LogP contribution in [0.15, 0.2) is 18.2 Å². The lowest BCUT2D eigenvalue weighted by atomic mass is 10.2. The van der Waals surface area contributed by atoms with Gasteiger partial charge in [0.2, 0.25) is 0 Å². The summed E-state index contributed by atoms with van der Waals surface area (Å²) in [5.74, 6) is 1.86. The number of rotatable bonds is 2. The van der Waals surface area contributed by atoms with Gasteiger partial charge in [-0.15, -0.1) is 0 Å². The molecule has 1 aromatic heterocycles. The molecule has 0 unspecified atom stereocenters. The van der Waals surface area contributed by atoms with E-state index in [4.69, 9.17) is 5.11 Å². The van der Waals surface area contributed by atoms with Crippen LogP contribution in [-0.2, 0) is 13.7 Å². The van der Waals surface area contributed by atoms with Crippen molar-refractivity contribution in [1.82, 2.24) is 9.55 Å². The van der Waals surface area contributed by atoms with Crippen molar-refractivity contribution < 1.29 is 5.11 Å². The normalized spacial score (nSPS) is 16.1. The predicted molar refractivity (Wildman–Crippen MR) is 58.6 cm³/mol. The zero-order valence-corrected chi connectivity index (χ0v) is 8.77. The number of aliphatic hydroxyl groups excluding tert-OH is 1. The maximum Gasteiger partial charge on any atom is 0.112 e. The zero-order valence-electron chi connectivity index (χ0n) is 8.77. The molecule has 0 spiro atoms. The number of hydrogen-bond acceptors (Lipinski definition) is 2. The van der Waals surface area contributed by atoms with Crippen LogP contribution < -0.4 is 0 Å². The molecule has 15 heavy (non-hydrogen) atoms. The molecule has 1 fully saturated rings. The Hall–Kier alpha value is -1.35. The minimum Gasteiger partial charge on any atom is -0.392 e. The number of fused-ring (bicyclic) bond motifs is 1. The van der Waals surface area contributed by atoms with E-state index < -0.39 is 0 Å². The molecule has 0 atom stereocenters. The molecule has 3 nitrogen and oxygen atoms in total. The van der Waals surface area contributed by atoms with Gasteiger partial charge in [0, 0.05) is 13.0 Å². The molecule has 0 saturated heterocycles. The highest BCUT2D eigenvalue weighted by Gasteiger charge is 2.28. The van der Waals surface area contributed by atoms with Crippen molar-refractivity contribution in [2.45, 2.75) is 25.4 Å².